The molecular weight excluding hydrogens is 250 g/mol. The number of nitrogens with two attached hydrogens (primary N) is 1. The Morgan fingerprint density at radius 3 is 1.25 bits per heavy atom. The molecule has 0 aliphatic rings. The molecule has 12 N–H and O–H groups in total. The van der Waals surface area contributed by atoms with Crippen molar-refractivity contribution in [1.29, 1.82) is 0 Å². The van der Waals surface area contributed by atoms with Gasteiger partial charge in [-0.25, -0.2) is 0 Å². The van der Waals surface area contributed by atoms with Crippen LogP contribution >= 0.6 is 0 Å². The third-order valence-corrected chi connectivity index (χ3v) is 0.175. The molecular formula is C4H17N3O8S. The normalized spacial score (nSPS) is 7.50. The van der Waals surface area contributed by atoms with Crippen LogP contribution in [0.2, 0.25) is 0 Å². The van der Waals surface area contributed by atoms with Gasteiger partial charge in [-0.15, -0.1) is 0 Å². The van der Waals surface area contributed by atoms with E-state index >= 15 is 0 Å². The zero-order chi connectivity index (χ0) is 12.4. The van der Waals surface area contributed by atoms with Gasteiger partial charge in [-0.1, -0.05) is 0 Å². The Hall–Kier alpha value is -1.31. The lowest BCUT2D eigenvalue weighted by Gasteiger charge is -2.06. The summed E-state index contributed by atoms with van der Waals surface area (Å²) in [6.45, 7) is 0.806. The summed E-state index contributed by atoms with van der Waals surface area (Å²) < 4.78 is 34.1. The van der Waals surface area contributed by atoms with E-state index in [0.29, 0.717) is 0 Å². The Balaban J connectivity index is -0.0000000358. The van der Waals surface area contributed by atoms with Crippen molar-refractivity contribution >= 4 is 22.3 Å². The van der Waals surface area contributed by atoms with Crippen LogP contribution in [0.25, 0.3) is 0 Å². The number of carboxylic acid groups (broad SMARTS) is 2. The van der Waals surface area contributed by atoms with Gasteiger partial charge in [0.2, 0.25) is 0 Å². The summed E-state index contributed by atoms with van der Waals surface area (Å²) in [7, 11) is -5.17. The highest BCUT2D eigenvalue weighted by Crippen LogP contribution is 1.57. The summed E-state index contributed by atoms with van der Waals surface area (Å²) in [4.78, 5) is 18.2. The summed E-state index contributed by atoms with van der Waals surface area (Å²) in [5.74, 6) is -1.80. The number of aliphatic carboxylic acids is 2. The van der Waals surface area contributed by atoms with Gasteiger partial charge in [-0.05, 0) is 0 Å². The van der Waals surface area contributed by atoms with Crippen molar-refractivity contribution in [2.45, 2.75) is 6.92 Å². The second-order valence-electron chi connectivity index (χ2n) is 1.53. The van der Waals surface area contributed by atoms with Gasteiger partial charge in [0.25, 0.3) is 5.97 Å². The van der Waals surface area contributed by atoms with Gasteiger partial charge in [0, 0.05) is 17.3 Å². The van der Waals surface area contributed by atoms with Crippen LogP contribution in [0.1, 0.15) is 6.92 Å². The minimum atomic E-state index is -5.17. The third kappa shape index (κ3) is 3640. The number of carboxylic acids is 2. The smallest absolute Gasteiger partial charge is 0.317 e. The van der Waals surface area contributed by atoms with Crippen molar-refractivity contribution in [3.8, 4) is 0 Å². The molecule has 0 spiro atoms. The monoisotopic (exact) mass is 267 g/mol. The zero-order valence-corrected chi connectivity index (χ0v) is 9.85. The summed E-state index contributed by atoms with van der Waals surface area (Å²) >= 11 is 0. The molecule has 12 heteroatoms. The second kappa shape index (κ2) is 16.1. The Morgan fingerprint density at radius 1 is 1.19 bits per heavy atom. The maximum absolute atomic E-state index is 9.24. The minimum Gasteiger partial charge on any atom is -0.759 e. The highest BCUT2D eigenvalue weighted by atomic mass is 32.3. The summed E-state index contributed by atoms with van der Waals surface area (Å²) in [5, 5.41) is 15.0. The fourth-order valence-electron chi connectivity index (χ4n) is 0. The van der Waals surface area contributed by atoms with Crippen LogP contribution < -0.4 is 18.0 Å². The molecule has 0 radical (unpaired) electrons. The molecule has 0 aromatic rings. The molecule has 0 unspecified atom stereocenters. The standard InChI is InChI=1S/C2H5NO2.C2H4O2.2H3N.H2O4S/c3-1-2(4)5;1-2(3)4;;;1-5(2,3)4/h1,3H2,(H,4,5);1H3,(H,3,4);2*1H3;(H2,1,2,3,4). The fraction of sp³-hybridized carbons (Fsp3) is 0.500. The first kappa shape index (κ1) is 29.3. The van der Waals surface area contributed by atoms with E-state index in [4.69, 9.17) is 32.5 Å². The Bertz CT molecular complexity index is 250. The van der Waals surface area contributed by atoms with Crippen molar-refractivity contribution in [2.75, 3.05) is 6.54 Å². The number of hydrogen-bond acceptors (Lipinski definition) is 7. The van der Waals surface area contributed by atoms with E-state index < -0.39 is 22.3 Å². The first-order chi connectivity index (χ1) is 6.00. The summed E-state index contributed by atoms with van der Waals surface area (Å²) in [5.41, 5.74) is 4.57. The summed E-state index contributed by atoms with van der Waals surface area (Å²) in [6, 6.07) is 0. The lowest BCUT2D eigenvalue weighted by Crippen LogP contribution is -2.10. The van der Waals surface area contributed by atoms with Gasteiger partial charge in [0.15, 0.2) is 0 Å². The molecule has 0 heterocycles. The maximum Gasteiger partial charge on any atom is 0.317 e. The topological polar surface area (TPSA) is 254 Å². The van der Waals surface area contributed by atoms with E-state index in [1.54, 1.807) is 0 Å². The van der Waals surface area contributed by atoms with Crippen molar-refractivity contribution in [3.05, 3.63) is 0 Å². The first-order valence-corrected chi connectivity index (χ1v) is 4.12. The molecule has 0 fully saturated rings. The Labute approximate surface area is 92.0 Å². The highest BCUT2D eigenvalue weighted by Gasteiger charge is 1.81. The molecule has 0 bridgehead atoms. The highest BCUT2D eigenvalue weighted by molar-refractivity contribution is 7.79. The van der Waals surface area contributed by atoms with Crippen LogP contribution in [0.4, 0.5) is 0 Å². The van der Waals surface area contributed by atoms with E-state index in [9.17, 15) is 4.79 Å². The van der Waals surface area contributed by atoms with Crippen LogP contribution in [0, 0.1) is 0 Å². The molecule has 0 aliphatic heterocycles. The molecule has 11 nitrogen and oxygen atoms in total. The van der Waals surface area contributed by atoms with Gasteiger partial charge >= 0.3 is 5.97 Å². The molecule has 16 heavy (non-hydrogen) atoms. The molecule has 0 aromatic carbocycles. The lowest BCUT2D eigenvalue weighted by atomic mass is 10.7. The SMILES string of the molecule is CC(=O)O.NCC(=O)O.O=S(=O)([O-])[O-].[NH4+].[NH4+]. The van der Waals surface area contributed by atoms with Gasteiger partial charge < -0.3 is 37.4 Å². The maximum atomic E-state index is 9.24. The number of quaternary nitrogens is 2. The molecule has 0 aliphatic carbocycles. The first-order valence-electron chi connectivity index (χ1n) is 2.78. The van der Waals surface area contributed by atoms with Gasteiger partial charge in [0.05, 0.1) is 6.54 Å². The van der Waals surface area contributed by atoms with Crippen molar-refractivity contribution in [3.63, 3.8) is 0 Å². The number of rotatable bonds is 1. The van der Waals surface area contributed by atoms with Crippen molar-refractivity contribution in [2.24, 2.45) is 5.73 Å². The largest absolute Gasteiger partial charge is 0.759 e. The van der Waals surface area contributed by atoms with E-state index in [1.807, 2.05) is 0 Å². The van der Waals surface area contributed by atoms with Crippen molar-refractivity contribution in [1.82, 2.24) is 12.3 Å². The van der Waals surface area contributed by atoms with Crippen molar-refractivity contribution < 1.29 is 37.3 Å². The average molecular weight is 267 g/mol. The average Bonchev–Trinajstić information content (AvgIpc) is 1.82. The zero-order valence-electron chi connectivity index (χ0n) is 9.04. The fourth-order valence-corrected chi connectivity index (χ4v) is 0. The predicted octanol–water partition coefficient (Wildman–Crippen LogP) is -1.46. The molecule has 0 aromatic heterocycles. The third-order valence-electron chi connectivity index (χ3n) is 0.175. The van der Waals surface area contributed by atoms with Gasteiger partial charge in [-0.2, -0.15) is 0 Å². The van der Waals surface area contributed by atoms with Gasteiger partial charge in [0.1, 0.15) is 0 Å². The molecule has 0 atom stereocenters. The molecule has 0 amide bonds. The van der Waals surface area contributed by atoms with Crippen LogP contribution in [0.3, 0.4) is 0 Å². The predicted molar refractivity (Wildman–Crippen MR) is 52.4 cm³/mol. The van der Waals surface area contributed by atoms with Crippen LogP contribution in [0.15, 0.2) is 0 Å². The van der Waals surface area contributed by atoms with Crippen LogP contribution in [-0.4, -0.2) is 46.2 Å². The van der Waals surface area contributed by atoms with Crippen LogP contribution in [0.5, 0.6) is 0 Å². The molecule has 0 rings (SSSR count). The lowest BCUT2D eigenvalue weighted by molar-refractivity contribution is -0.136. The summed E-state index contributed by atoms with van der Waals surface area (Å²) in [6.07, 6.45) is 0. The quantitative estimate of drug-likeness (QED) is 0.274. The Kier molecular flexibility index (Phi) is 29.6. The second-order valence-corrected chi connectivity index (χ2v) is 2.34. The molecule has 0 saturated carbocycles. The van der Waals surface area contributed by atoms with Crippen LogP contribution in [-0.2, 0) is 20.0 Å². The minimum absolute atomic E-state index is 0. The molecule has 0 saturated heterocycles. The van der Waals surface area contributed by atoms with E-state index in [0.717, 1.165) is 6.92 Å². The van der Waals surface area contributed by atoms with E-state index in [2.05, 4.69) is 5.73 Å². The number of hydrogen-bond donors (Lipinski definition) is 5. The van der Waals surface area contributed by atoms with E-state index in [-0.39, 0.29) is 18.8 Å². The van der Waals surface area contributed by atoms with Gasteiger partial charge in [-0.3, -0.25) is 18.0 Å². The number of carbonyl (C=O) groups is 2. The van der Waals surface area contributed by atoms with E-state index in [1.165, 1.54) is 0 Å². The Morgan fingerprint density at radius 2 is 1.25 bits per heavy atom. The molecule has 102 valence electrons.